The molecule has 25 heavy (non-hydrogen) atoms. The number of ether oxygens (including phenoxy) is 1. The van der Waals surface area contributed by atoms with E-state index >= 15 is 0 Å². The molecule has 0 saturated carbocycles. The molecule has 132 valence electrons. The first-order valence-corrected chi connectivity index (χ1v) is 9.67. The lowest BCUT2D eigenvalue weighted by Gasteiger charge is -2.34. The molecule has 2 aliphatic heterocycles. The van der Waals surface area contributed by atoms with Gasteiger partial charge in [-0.1, -0.05) is 6.07 Å². The van der Waals surface area contributed by atoms with E-state index in [1.54, 1.807) is 17.5 Å². The smallest absolute Gasteiger partial charge is 0.229 e. The van der Waals surface area contributed by atoms with Gasteiger partial charge in [-0.25, -0.2) is 4.98 Å². The molecule has 0 aromatic carbocycles. The number of thiazole rings is 1. The zero-order valence-electron chi connectivity index (χ0n) is 14.1. The van der Waals surface area contributed by atoms with E-state index in [4.69, 9.17) is 9.72 Å². The number of pyridine rings is 1. The van der Waals surface area contributed by atoms with Gasteiger partial charge in [0.15, 0.2) is 5.13 Å². The number of carbonyl (C=O) groups excluding carboxylic acids is 1. The Labute approximate surface area is 151 Å². The highest BCUT2D eigenvalue weighted by molar-refractivity contribution is 7.13. The molecule has 4 rings (SSSR count). The zero-order valence-corrected chi connectivity index (χ0v) is 15.0. The second-order valence-corrected chi connectivity index (χ2v) is 7.26. The summed E-state index contributed by atoms with van der Waals surface area (Å²) in [6.45, 7) is 3.85. The van der Waals surface area contributed by atoms with Gasteiger partial charge in [0.05, 0.1) is 31.4 Å². The summed E-state index contributed by atoms with van der Waals surface area (Å²) in [4.78, 5) is 26.1. The van der Waals surface area contributed by atoms with Crippen LogP contribution in [-0.2, 0) is 16.0 Å². The molecular weight excluding hydrogens is 336 g/mol. The summed E-state index contributed by atoms with van der Waals surface area (Å²) in [5, 5.41) is 3.14. The molecule has 0 aliphatic carbocycles. The van der Waals surface area contributed by atoms with Gasteiger partial charge >= 0.3 is 0 Å². The molecule has 1 unspecified atom stereocenters. The van der Waals surface area contributed by atoms with Crippen LogP contribution in [0.1, 0.15) is 30.3 Å². The summed E-state index contributed by atoms with van der Waals surface area (Å²) < 4.78 is 5.64. The Morgan fingerprint density at radius 2 is 2.16 bits per heavy atom. The predicted octanol–water partition coefficient (Wildman–Crippen LogP) is 2.28. The van der Waals surface area contributed by atoms with Crippen LogP contribution in [0.25, 0.3) is 0 Å². The van der Waals surface area contributed by atoms with Crippen LogP contribution in [0, 0.1) is 0 Å². The number of hydrogen-bond acceptors (Lipinski definition) is 6. The quantitative estimate of drug-likeness (QED) is 0.839. The van der Waals surface area contributed by atoms with Crippen molar-refractivity contribution in [3.05, 3.63) is 41.2 Å². The monoisotopic (exact) mass is 358 g/mol. The Bertz CT molecular complexity index is 715. The predicted molar refractivity (Wildman–Crippen MR) is 96.8 cm³/mol. The lowest BCUT2D eigenvalue weighted by molar-refractivity contribution is -0.139. The first-order valence-electron chi connectivity index (χ1n) is 8.79. The second-order valence-electron chi connectivity index (χ2n) is 6.42. The van der Waals surface area contributed by atoms with E-state index in [0.29, 0.717) is 26.2 Å². The maximum absolute atomic E-state index is 12.8. The van der Waals surface area contributed by atoms with Crippen LogP contribution in [0.3, 0.4) is 0 Å². The molecule has 2 aliphatic rings. The van der Waals surface area contributed by atoms with Crippen LogP contribution >= 0.6 is 11.3 Å². The van der Waals surface area contributed by atoms with Crippen molar-refractivity contribution in [2.75, 3.05) is 37.7 Å². The van der Waals surface area contributed by atoms with Crippen molar-refractivity contribution in [1.29, 1.82) is 0 Å². The number of morpholine rings is 1. The average Bonchev–Trinajstić information content (AvgIpc) is 3.34. The Hall–Kier alpha value is -1.99. The summed E-state index contributed by atoms with van der Waals surface area (Å²) in [5.41, 5.74) is 1.75. The van der Waals surface area contributed by atoms with E-state index in [2.05, 4.69) is 15.3 Å². The highest BCUT2D eigenvalue weighted by Crippen LogP contribution is 2.31. The molecule has 0 bridgehead atoms. The van der Waals surface area contributed by atoms with Gasteiger partial charge in [0.1, 0.15) is 0 Å². The molecule has 2 fully saturated rings. The van der Waals surface area contributed by atoms with Crippen LogP contribution in [-0.4, -0.2) is 53.6 Å². The van der Waals surface area contributed by atoms with Crippen molar-refractivity contribution in [1.82, 2.24) is 14.9 Å². The third-order valence-electron chi connectivity index (χ3n) is 4.74. The van der Waals surface area contributed by atoms with E-state index in [1.807, 2.05) is 23.1 Å². The Morgan fingerprint density at radius 1 is 1.28 bits per heavy atom. The highest BCUT2D eigenvalue weighted by Gasteiger charge is 2.31. The zero-order chi connectivity index (χ0) is 17.1. The molecule has 2 saturated heterocycles. The molecule has 1 atom stereocenters. The molecular formula is C18H22N4O2S. The minimum atomic E-state index is -0.0995. The van der Waals surface area contributed by atoms with E-state index in [-0.39, 0.29) is 11.9 Å². The number of carbonyl (C=O) groups is 1. The van der Waals surface area contributed by atoms with Gasteiger partial charge in [-0.15, -0.1) is 11.3 Å². The second kappa shape index (κ2) is 7.49. The highest BCUT2D eigenvalue weighted by atomic mass is 32.1. The Kier molecular flexibility index (Phi) is 4.94. The van der Waals surface area contributed by atoms with Gasteiger partial charge in [-0.2, -0.15) is 0 Å². The largest absolute Gasteiger partial charge is 0.377 e. The third kappa shape index (κ3) is 3.67. The fourth-order valence-corrected chi connectivity index (χ4v) is 4.32. The third-order valence-corrected chi connectivity index (χ3v) is 5.65. The normalized spacial score (nSPS) is 20.9. The van der Waals surface area contributed by atoms with E-state index in [1.165, 1.54) is 12.8 Å². The summed E-state index contributed by atoms with van der Waals surface area (Å²) in [6, 6.07) is 5.56. The minimum absolute atomic E-state index is 0.0859. The minimum Gasteiger partial charge on any atom is -0.377 e. The molecule has 6 nitrogen and oxygen atoms in total. The lowest BCUT2D eigenvalue weighted by atomic mass is 10.1. The van der Waals surface area contributed by atoms with Crippen molar-refractivity contribution in [3.8, 4) is 0 Å². The van der Waals surface area contributed by atoms with Crippen molar-refractivity contribution in [3.63, 3.8) is 0 Å². The van der Waals surface area contributed by atoms with E-state index in [0.717, 1.165) is 29.6 Å². The SMILES string of the molecule is O=C(Cc1ccccn1)N1CCOCC1c1csc(N2CCCC2)n1. The van der Waals surface area contributed by atoms with Gasteiger partial charge in [-0.05, 0) is 25.0 Å². The number of nitrogens with zero attached hydrogens (tertiary/aromatic N) is 4. The molecule has 2 aromatic rings. The molecule has 0 spiro atoms. The fourth-order valence-electron chi connectivity index (χ4n) is 3.39. The Balaban J connectivity index is 1.49. The lowest BCUT2D eigenvalue weighted by Crippen LogP contribution is -2.44. The first-order chi connectivity index (χ1) is 12.3. The van der Waals surface area contributed by atoms with E-state index < -0.39 is 0 Å². The topological polar surface area (TPSA) is 58.6 Å². The number of anilines is 1. The number of hydrogen-bond donors (Lipinski definition) is 0. The first kappa shape index (κ1) is 16.5. The van der Waals surface area contributed by atoms with Crippen molar-refractivity contribution in [2.45, 2.75) is 25.3 Å². The van der Waals surface area contributed by atoms with Crippen molar-refractivity contribution >= 4 is 22.4 Å². The van der Waals surface area contributed by atoms with Crippen LogP contribution < -0.4 is 4.90 Å². The average molecular weight is 358 g/mol. The number of rotatable bonds is 4. The summed E-state index contributed by atoms with van der Waals surface area (Å²) >= 11 is 1.67. The maximum atomic E-state index is 12.8. The number of amides is 1. The van der Waals surface area contributed by atoms with E-state index in [9.17, 15) is 4.79 Å². The van der Waals surface area contributed by atoms with Gasteiger partial charge in [-0.3, -0.25) is 9.78 Å². The molecule has 0 radical (unpaired) electrons. The molecule has 7 heteroatoms. The fraction of sp³-hybridized carbons (Fsp3) is 0.500. The van der Waals surface area contributed by atoms with Gasteiger partial charge in [0, 0.05) is 36.9 Å². The number of aromatic nitrogens is 2. The Morgan fingerprint density at radius 3 is 2.96 bits per heavy atom. The van der Waals surface area contributed by atoms with Crippen LogP contribution in [0.5, 0.6) is 0 Å². The van der Waals surface area contributed by atoms with Crippen LogP contribution in [0.2, 0.25) is 0 Å². The van der Waals surface area contributed by atoms with Crippen molar-refractivity contribution < 1.29 is 9.53 Å². The summed E-state index contributed by atoms with van der Waals surface area (Å²) in [6.07, 6.45) is 4.51. The van der Waals surface area contributed by atoms with Crippen LogP contribution in [0.4, 0.5) is 5.13 Å². The van der Waals surface area contributed by atoms with Crippen molar-refractivity contribution in [2.24, 2.45) is 0 Å². The maximum Gasteiger partial charge on any atom is 0.229 e. The summed E-state index contributed by atoms with van der Waals surface area (Å²) in [7, 11) is 0. The van der Waals surface area contributed by atoms with Crippen LogP contribution in [0.15, 0.2) is 29.8 Å². The standard InChI is InChI=1S/C18H22N4O2S/c23-17(11-14-5-1-2-6-19-14)22-9-10-24-12-16(22)15-13-25-18(20-15)21-7-3-4-8-21/h1-2,5-6,13,16H,3-4,7-12H2. The summed E-state index contributed by atoms with van der Waals surface area (Å²) in [5.74, 6) is 0.0859. The van der Waals surface area contributed by atoms with Gasteiger partial charge < -0.3 is 14.5 Å². The molecule has 2 aromatic heterocycles. The molecule has 4 heterocycles. The van der Waals surface area contributed by atoms with Gasteiger partial charge in [0.25, 0.3) is 0 Å². The molecule has 0 N–H and O–H groups in total. The molecule has 1 amide bonds. The van der Waals surface area contributed by atoms with Gasteiger partial charge in [0.2, 0.25) is 5.91 Å².